The van der Waals surface area contributed by atoms with Gasteiger partial charge in [0, 0.05) is 11.6 Å². The van der Waals surface area contributed by atoms with Crippen LogP contribution in [-0.2, 0) is 9.47 Å². The molecule has 0 aliphatic carbocycles. The third-order valence-corrected chi connectivity index (χ3v) is 3.26. The molecule has 26 heavy (non-hydrogen) atoms. The molecule has 2 rings (SSSR count). The highest BCUT2D eigenvalue weighted by Crippen LogP contribution is 2.28. The van der Waals surface area contributed by atoms with E-state index in [-0.39, 0.29) is 5.82 Å². The van der Waals surface area contributed by atoms with Crippen LogP contribution in [0.25, 0.3) is 10.8 Å². The molecule has 1 aromatic heterocycles. The van der Waals surface area contributed by atoms with E-state index in [0.29, 0.717) is 5.39 Å². The van der Waals surface area contributed by atoms with E-state index in [1.807, 2.05) is 31.2 Å². The Bertz CT molecular complexity index is 804. The summed E-state index contributed by atoms with van der Waals surface area (Å²) in [5.74, 6) is 0.190. The molecule has 6 nitrogen and oxygen atoms in total. The zero-order valence-electron chi connectivity index (χ0n) is 16.4. The van der Waals surface area contributed by atoms with Gasteiger partial charge in [-0.1, -0.05) is 17.7 Å². The number of ether oxygens (including phenoxy) is 2. The number of aryl methyl sites for hydroxylation is 1. The lowest BCUT2D eigenvalue weighted by Crippen LogP contribution is -2.44. The van der Waals surface area contributed by atoms with E-state index in [0.717, 1.165) is 15.8 Å². The van der Waals surface area contributed by atoms with Crippen molar-refractivity contribution in [3.05, 3.63) is 36.0 Å². The quantitative estimate of drug-likeness (QED) is 0.699. The number of rotatable bonds is 1. The fourth-order valence-corrected chi connectivity index (χ4v) is 2.31. The Morgan fingerprint density at radius 2 is 1.46 bits per heavy atom. The van der Waals surface area contributed by atoms with Gasteiger partial charge in [-0.3, -0.25) is 0 Å². The Morgan fingerprint density at radius 3 is 1.96 bits per heavy atom. The summed E-state index contributed by atoms with van der Waals surface area (Å²) >= 11 is 0. The van der Waals surface area contributed by atoms with Crippen LogP contribution in [-0.4, -0.2) is 28.4 Å². The van der Waals surface area contributed by atoms with E-state index in [4.69, 9.17) is 9.47 Å². The van der Waals surface area contributed by atoms with Crippen LogP contribution in [0.5, 0.6) is 0 Å². The average Bonchev–Trinajstić information content (AvgIpc) is 2.44. The van der Waals surface area contributed by atoms with E-state index in [1.54, 1.807) is 47.7 Å². The third-order valence-electron chi connectivity index (χ3n) is 3.26. The molecule has 0 atom stereocenters. The molecule has 0 spiro atoms. The number of carbonyl (C=O) groups excluding carboxylic acids is 2. The first-order chi connectivity index (χ1) is 11.9. The van der Waals surface area contributed by atoms with Crippen LogP contribution >= 0.6 is 0 Å². The minimum atomic E-state index is -0.826. The summed E-state index contributed by atoms with van der Waals surface area (Å²) in [6, 6.07) is 7.57. The van der Waals surface area contributed by atoms with E-state index >= 15 is 0 Å². The summed E-state index contributed by atoms with van der Waals surface area (Å²) in [5.41, 5.74) is -0.546. The first-order valence-corrected chi connectivity index (χ1v) is 8.49. The van der Waals surface area contributed by atoms with Crippen molar-refractivity contribution in [2.75, 3.05) is 4.90 Å². The predicted molar refractivity (Wildman–Crippen MR) is 101 cm³/mol. The number of anilines is 1. The smallest absolute Gasteiger partial charge is 0.425 e. The molecule has 0 radical (unpaired) electrons. The van der Waals surface area contributed by atoms with Gasteiger partial charge in [0.15, 0.2) is 5.82 Å². The second-order valence-electron chi connectivity index (χ2n) is 8.16. The Kier molecular flexibility index (Phi) is 5.26. The lowest BCUT2D eigenvalue weighted by molar-refractivity contribution is 0.0429. The number of benzene rings is 1. The summed E-state index contributed by atoms with van der Waals surface area (Å²) in [6.07, 6.45) is -0.101. The van der Waals surface area contributed by atoms with Gasteiger partial charge in [-0.15, -0.1) is 0 Å². The number of nitrogens with zero attached hydrogens (tertiary/aromatic N) is 2. The lowest BCUT2D eigenvalue weighted by Gasteiger charge is -2.28. The zero-order chi connectivity index (χ0) is 19.7. The molecule has 2 aromatic rings. The van der Waals surface area contributed by atoms with Crippen molar-refractivity contribution in [3.8, 4) is 0 Å². The maximum Gasteiger partial charge on any atom is 0.425 e. The molecular formula is C20H26N2O4. The predicted octanol–water partition coefficient (Wildman–Crippen LogP) is 5.22. The molecule has 0 aliphatic rings. The number of fused-ring (bicyclic) bond motifs is 1. The normalized spacial score (nSPS) is 12.0. The number of carbonyl (C=O) groups is 2. The number of pyridine rings is 1. The lowest BCUT2D eigenvalue weighted by atomic mass is 10.1. The third kappa shape index (κ3) is 4.94. The SMILES string of the molecule is Cc1ccc2ccnc(N(C(=O)OC(C)(C)C)C(=O)OC(C)(C)C)c2c1. The number of hydrogen-bond donors (Lipinski definition) is 0. The second kappa shape index (κ2) is 6.94. The summed E-state index contributed by atoms with van der Waals surface area (Å²) in [5, 5.41) is 1.53. The van der Waals surface area contributed by atoms with Gasteiger partial charge in [0.05, 0.1) is 0 Å². The topological polar surface area (TPSA) is 68.7 Å². The van der Waals surface area contributed by atoms with Crippen molar-refractivity contribution in [1.29, 1.82) is 0 Å². The Morgan fingerprint density at radius 1 is 0.923 bits per heavy atom. The van der Waals surface area contributed by atoms with E-state index < -0.39 is 23.4 Å². The summed E-state index contributed by atoms with van der Waals surface area (Å²) in [4.78, 5) is 30.7. The van der Waals surface area contributed by atoms with Gasteiger partial charge in [-0.05, 0) is 66.0 Å². The molecule has 0 fully saturated rings. The molecule has 2 amide bonds. The van der Waals surface area contributed by atoms with Gasteiger partial charge in [-0.25, -0.2) is 14.6 Å². The number of aromatic nitrogens is 1. The van der Waals surface area contributed by atoms with Crippen molar-refractivity contribution in [2.24, 2.45) is 0 Å². The monoisotopic (exact) mass is 358 g/mol. The number of amides is 2. The Labute approximate surface area is 154 Å². The van der Waals surface area contributed by atoms with Gasteiger partial charge in [-0.2, -0.15) is 4.90 Å². The van der Waals surface area contributed by atoms with Crippen molar-refractivity contribution < 1.29 is 19.1 Å². The van der Waals surface area contributed by atoms with Crippen LogP contribution in [0.1, 0.15) is 47.1 Å². The van der Waals surface area contributed by atoms with E-state index in [2.05, 4.69) is 4.98 Å². The fourth-order valence-electron chi connectivity index (χ4n) is 2.31. The molecule has 0 saturated heterocycles. The van der Waals surface area contributed by atoms with Crippen LogP contribution < -0.4 is 4.90 Å². The highest BCUT2D eigenvalue weighted by atomic mass is 16.6. The standard InChI is InChI=1S/C20H26N2O4/c1-13-8-9-14-10-11-21-16(15(14)12-13)22(17(23)25-19(2,3)4)18(24)26-20(5,6)7/h8-12H,1-7H3. The van der Waals surface area contributed by atoms with Gasteiger partial charge < -0.3 is 9.47 Å². The maximum atomic E-state index is 12.8. The molecule has 1 aromatic carbocycles. The largest absolute Gasteiger partial charge is 0.443 e. The van der Waals surface area contributed by atoms with Crippen molar-refractivity contribution in [3.63, 3.8) is 0 Å². The molecular weight excluding hydrogens is 332 g/mol. The van der Waals surface area contributed by atoms with Gasteiger partial charge in [0.25, 0.3) is 0 Å². The van der Waals surface area contributed by atoms with Crippen LogP contribution in [0.2, 0.25) is 0 Å². The van der Waals surface area contributed by atoms with E-state index in [1.165, 1.54) is 0 Å². The minimum absolute atomic E-state index is 0.190. The average molecular weight is 358 g/mol. The minimum Gasteiger partial charge on any atom is -0.443 e. The van der Waals surface area contributed by atoms with Crippen molar-refractivity contribution in [2.45, 2.75) is 59.7 Å². The van der Waals surface area contributed by atoms with E-state index in [9.17, 15) is 9.59 Å². The van der Waals surface area contributed by atoms with Gasteiger partial charge in [0.1, 0.15) is 11.2 Å². The van der Waals surface area contributed by atoms with Crippen LogP contribution in [0, 0.1) is 6.92 Å². The summed E-state index contributed by atoms with van der Waals surface area (Å²) in [6.45, 7) is 12.3. The zero-order valence-corrected chi connectivity index (χ0v) is 16.4. The Balaban J connectivity index is 2.59. The first-order valence-electron chi connectivity index (χ1n) is 8.49. The first kappa shape index (κ1) is 19.7. The van der Waals surface area contributed by atoms with Crippen LogP contribution in [0.4, 0.5) is 15.4 Å². The fraction of sp³-hybridized carbons (Fsp3) is 0.450. The molecule has 6 heteroatoms. The maximum absolute atomic E-state index is 12.8. The summed E-state index contributed by atoms with van der Waals surface area (Å²) < 4.78 is 10.8. The van der Waals surface area contributed by atoms with Gasteiger partial charge >= 0.3 is 12.2 Å². The van der Waals surface area contributed by atoms with Crippen molar-refractivity contribution >= 4 is 28.8 Å². The number of hydrogen-bond acceptors (Lipinski definition) is 5. The van der Waals surface area contributed by atoms with Crippen LogP contribution in [0.15, 0.2) is 30.5 Å². The highest BCUT2D eigenvalue weighted by molar-refractivity contribution is 6.13. The van der Waals surface area contributed by atoms with Gasteiger partial charge in [0.2, 0.25) is 0 Å². The molecule has 0 aliphatic heterocycles. The highest BCUT2D eigenvalue weighted by Gasteiger charge is 2.34. The van der Waals surface area contributed by atoms with Crippen molar-refractivity contribution in [1.82, 2.24) is 4.98 Å². The molecule has 0 bridgehead atoms. The molecule has 0 unspecified atom stereocenters. The molecule has 0 saturated carbocycles. The molecule has 0 N–H and O–H groups in total. The molecule has 140 valence electrons. The number of imide groups is 1. The second-order valence-corrected chi connectivity index (χ2v) is 8.16. The Hall–Kier alpha value is -2.63. The van der Waals surface area contributed by atoms with Crippen LogP contribution in [0.3, 0.4) is 0 Å². The molecule has 1 heterocycles. The summed E-state index contributed by atoms with van der Waals surface area (Å²) in [7, 11) is 0.